The van der Waals surface area contributed by atoms with Gasteiger partial charge in [-0.3, -0.25) is 9.59 Å². The zero-order valence-electron chi connectivity index (χ0n) is 8.61. The minimum absolute atomic E-state index is 0.196. The second kappa shape index (κ2) is 4.93. The number of amides is 1. The number of Topliss-reactive ketones (excluding diaryl/α,β-unsaturated/α-hetero) is 1. The Morgan fingerprint density at radius 3 is 2.65 bits per heavy atom. The predicted octanol–water partition coefficient (Wildman–Crippen LogP) is 0.796. The molecule has 0 aliphatic carbocycles. The SMILES string of the molecule is CCC(NC=O)C(=O)c1nc(C(F)(F)F)no1. The third-order valence-corrected chi connectivity index (χ3v) is 1.88. The highest BCUT2D eigenvalue weighted by molar-refractivity contribution is 5.96. The molecule has 0 aromatic carbocycles. The topological polar surface area (TPSA) is 85.1 Å². The Balaban J connectivity index is 2.89. The summed E-state index contributed by atoms with van der Waals surface area (Å²) in [7, 11) is 0. The first-order chi connectivity index (χ1) is 7.90. The van der Waals surface area contributed by atoms with Crippen LogP contribution in [0, 0.1) is 0 Å². The van der Waals surface area contributed by atoms with Crippen LogP contribution in [0.5, 0.6) is 0 Å². The Bertz CT molecular complexity index is 416. The quantitative estimate of drug-likeness (QED) is 0.617. The molecule has 0 spiro atoms. The number of halogens is 3. The van der Waals surface area contributed by atoms with Crippen molar-refractivity contribution in [1.29, 1.82) is 0 Å². The normalized spacial score (nSPS) is 13.2. The van der Waals surface area contributed by atoms with Crippen LogP contribution in [0.25, 0.3) is 0 Å². The molecule has 0 radical (unpaired) electrons. The number of rotatable bonds is 5. The molecule has 1 aromatic rings. The highest BCUT2D eigenvalue weighted by atomic mass is 19.4. The number of ketones is 1. The fourth-order valence-corrected chi connectivity index (χ4v) is 1.05. The number of alkyl halides is 3. The molecule has 1 heterocycles. The first-order valence-electron chi connectivity index (χ1n) is 4.55. The van der Waals surface area contributed by atoms with Gasteiger partial charge in [-0.2, -0.15) is 18.2 Å². The molecule has 1 N–H and O–H groups in total. The molecule has 1 amide bonds. The Kier molecular flexibility index (Phi) is 3.81. The summed E-state index contributed by atoms with van der Waals surface area (Å²) in [5, 5.41) is 4.78. The molecule has 1 atom stereocenters. The van der Waals surface area contributed by atoms with Crippen molar-refractivity contribution in [3.63, 3.8) is 0 Å². The van der Waals surface area contributed by atoms with Gasteiger partial charge < -0.3 is 9.84 Å². The molecule has 1 aromatic heterocycles. The number of carbonyl (C=O) groups excluding carboxylic acids is 2. The monoisotopic (exact) mass is 251 g/mol. The molecule has 0 saturated carbocycles. The number of hydrogen-bond donors (Lipinski definition) is 1. The summed E-state index contributed by atoms with van der Waals surface area (Å²) < 4.78 is 40.6. The van der Waals surface area contributed by atoms with Crippen molar-refractivity contribution in [3.05, 3.63) is 11.7 Å². The van der Waals surface area contributed by atoms with Crippen LogP contribution in [0.1, 0.15) is 29.9 Å². The number of hydrogen-bond acceptors (Lipinski definition) is 5. The zero-order chi connectivity index (χ0) is 13.1. The molecule has 17 heavy (non-hydrogen) atoms. The van der Waals surface area contributed by atoms with Gasteiger partial charge in [0.2, 0.25) is 12.2 Å². The molecule has 1 unspecified atom stereocenters. The fourth-order valence-electron chi connectivity index (χ4n) is 1.05. The van der Waals surface area contributed by atoms with E-state index in [2.05, 4.69) is 20.0 Å². The van der Waals surface area contributed by atoms with E-state index in [0.29, 0.717) is 0 Å². The maximum Gasteiger partial charge on any atom is 0.455 e. The second-order valence-corrected chi connectivity index (χ2v) is 3.03. The van der Waals surface area contributed by atoms with Crippen molar-refractivity contribution in [2.24, 2.45) is 0 Å². The van der Waals surface area contributed by atoms with Crippen LogP contribution in [-0.4, -0.2) is 28.4 Å². The molecule has 0 aliphatic rings. The summed E-state index contributed by atoms with van der Waals surface area (Å²) in [6.07, 6.45) is -4.31. The van der Waals surface area contributed by atoms with Crippen molar-refractivity contribution in [2.75, 3.05) is 0 Å². The molecule has 0 fully saturated rings. The lowest BCUT2D eigenvalue weighted by atomic mass is 10.1. The maximum absolute atomic E-state index is 12.1. The maximum atomic E-state index is 12.1. The van der Waals surface area contributed by atoms with Crippen LogP contribution in [-0.2, 0) is 11.0 Å². The van der Waals surface area contributed by atoms with Crippen LogP contribution >= 0.6 is 0 Å². The molecule has 0 saturated heterocycles. The van der Waals surface area contributed by atoms with E-state index in [1.807, 2.05) is 0 Å². The summed E-state index contributed by atoms with van der Waals surface area (Å²) in [6.45, 7) is 1.57. The minimum Gasteiger partial charge on any atom is -0.348 e. The summed E-state index contributed by atoms with van der Waals surface area (Å²) in [6, 6.07) is -0.978. The summed E-state index contributed by atoms with van der Waals surface area (Å²) >= 11 is 0. The van der Waals surface area contributed by atoms with E-state index in [1.165, 1.54) is 0 Å². The van der Waals surface area contributed by atoms with Crippen LogP contribution in [0.3, 0.4) is 0 Å². The van der Waals surface area contributed by atoms with E-state index in [0.717, 1.165) is 0 Å². The Hall–Kier alpha value is -1.93. The average molecular weight is 251 g/mol. The number of nitrogens with zero attached hydrogens (tertiary/aromatic N) is 2. The lowest BCUT2D eigenvalue weighted by Gasteiger charge is -2.08. The summed E-state index contributed by atoms with van der Waals surface area (Å²) in [5.41, 5.74) is 0. The third kappa shape index (κ3) is 3.02. The van der Waals surface area contributed by atoms with Gasteiger partial charge in [0.05, 0.1) is 6.04 Å². The van der Waals surface area contributed by atoms with Crippen molar-refractivity contribution in [3.8, 4) is 0 Å². The van der Waals surface area contributed by atoms with Crippen molar-refractivity contribution >= 4 is 12.2 Å². The van der Waals surface area contributed by atoms with E-state index in [4.69, 9.17) is 0 Å². The second-order valence-electron chi connectivity index (χ2n) is 3.03. The molecule has 6 nitrogen and oxygen atoms in total. The van der Waals surface area contributed by atoms with Crippen LogP contribution < -0.4 is 5.32 Å². The van der Waals surface area contributed by atoms with E-state index in [9.17, 15) is 22.8 Å². The predicted molar refractivity (Wildman–Crippen MR) is 46.9 cm³/mol. The lowest BCUT2D eigenvalue weighted by Crippen LogP contribution is -2.35. The number of aromatic nitrogens is 2. The molecule has 1 rings (SSSR count). The highest BCUT2D eigenvalue weighted by Gasteiger charge is 2.38. The first kappa shape index (κ1) is 13.1. The summed E-state index contributed by atoms with van der Waals surface area (Å²) in [4.78, 5) is 24.6. The third-order valence-electron chi connectivity index (χ3n) is 1.88. The number of nitrogens with one attached hydrogen (secondary N) is 1. The average Bonchev–Trinajstić information content (AvgIpc) is 2.73. The van der Waals surface area contributed by atoms with Crippen molar-refractivity contribution in [1.82, 2.24) is 15.5 Å². The van der Waals surface area contributed by atoms with E-state index >= 15 is 0 Å². The smallest absolute Gasteiger partial charge is 0.348 e. The van der Waals surface area contributed by atoms with Crippen LogP contribution in [0.15, 0.2) is 4.52 Å². The summed E-state index contributed by atoms with van der Waals surface area (Å²) in [5.74, 6) is -3.16. The standard InChI is InChI=1S/C8H8F3N3O3/c1-2-4(12-3-15)5(16)6-13-7(14-17-6)8(9,10)11/h3-4H,2H2,1H3,(H,12,15). The van der Waals surface area contributed by atoms with Gasteiger partial charge in [-0.25, -0.2) is 0 Å². The number of carbonyl (C=O) groups is 2. The first-order valence-corrected chi connectivity index (χ1v) is 4.55. The highest BCUT2D eigenvalue weighted by Crippen LogP contribution is 2.26. The van der Waals surface area contributed by atoms with Gasteiger partial charge in [-0.05, 0) is 6.42 Å². The minimum atomic E-state index is -4.78. The van der Waals surface area contributed by atoms with Crippen LogP contribution in [0.4, 0.5) is 13.2 Å². The van der Waals surface area contributed by atoms with Gasteiger partial charge in [0.15, 0.2) is 0 Å². The molecule has 9 heteroatoms. The Morgan fingerprint density at radius 1 is 1.59 bits per heavy atom. The van der Waals surface area contributed by atoms with Gasteiger partial charge in [-0.1, -0.05) is 12.1 Å². The van der Waals surface area contributed by atoms with E-state index in [-0.39, 0.29) is 12.8 Å². The van der Waals surface area contributed by atoms with E-state index < -0.39 is 29.7 Å². The Morgan fingerprint density at radius 2 is 2.24 bits per heavy atom. The van der Waals surface area contributed by atoms with Gasteiger partial charge in [0, 0.05) is 0 Å². The largest absolute Gasteiger partial charge is 0.455 e. The van der Waals surface area contributed by atoms with Crippen molar-refractivity contribution < 1.29 is 27.3 Å². The van der Waals surface area contributed by atoms with Gasteiger partial charge in [0.25, 0.3) is 11.7 Å². The van der Waals surface area contributed by atoms with Crippen molar-refractivity contribution in [2.45, 2.75) is 25.6 Å². The lowest BCUT2D eigenvalue weighted by molar-refractivity contribution is -0.146. The zero-order valence-corrected chi connectivity index (χ0v) is 8.61. The van der Waals surface area contributed by atoms with Crippen LogP contribution in [0.2, 0.25) is 0 Å². The Labute approximate surface area is 93.2 Å². The van der Waals surface area contributed by atoms with Gasteiger partial charge in [0.1, 0.15) is 0 Å². The molecular formula is C8H8F3N3O3. The molecule has 94 valence electrons. The molecular weight excluding hydrogens is 243 g/mol. The molecule has 0 aliphatic heterocycles. The fraction of sp³-hybridized carbons (Fsp3) is 0.500. The van der Waals surface area contributed by atoms with Gasteiger partial charge in [-0.15, -0.1) is 0 Å². The van der Waals surface area contributed by atoms with Gasteiger partial charge >= 0.3 is 6.18 Å². The van der Waals surface area contributed by atoms with E-state index in [1.54, 1.807) is 6.92 Å². The molecule has 0 bridgehead atoms.